The minimum Gasteiger partial charge on any atom is -0.399 e. The summed E-state index contributed by atoms with van der Waals surface area (Å²) in [6, 6.07) is 6.31. The predicted molar refractivity (Wildman–Crippen MR) is 74.5 cm³/mol. The van der Waals surface area contributed by atoms with Crippen molar-refractivity contribution in [2.75, 3.05) is 12.3 Å². The lowest BCUT2D eigenvalue weighted by Crippen LogP contribution is -2.43. The van der Waals surface area contributed by atoms with Gasteiger partial charge in [0.1, 0.15) is 0 Å². The Morgan fingerprint density at radius 3 is 2.47 bits per heavy atom. The van der Waals surface area contributed by atoms with Crippen molar-refractivity contribution < 1.29 is 13.2 Å². The average molecular weight is 285 g/mol. The topological polar surface area (TPSA) is 106 Å². The lowest BCUT2D eigenvalue weighted by molar-refractivity contribution is -0.118. The fraction of sp³-hybridized carbons (Fsp3) is 0.417. The van der Waals surface area contributed by atoms with E-state index in [4.69, 9.17) is 11.5 Å². The zero-order valence-corrected chi connectivity index (χ0v) is 11.9. The van der Waals surface area contributed by atoms with Gasteiger partial charge in [0.15, 0.2) is 0 Å². The Hall–Kier alpha value is -1.60. The largest absolute Gasteiger partial charge is 0.399 e. The van der Waals surface area contributed by atoms with Crippen LogP contribution >= 0.6 is 0 Å². The van der Waals surface area contributed by atoms with Crippen LogP contribution in [0.1, 0.15) is 19.4 Å². The first-order valence-corrected chi connectivity index (χ1v) is 7.45. The van der Waals surface area contributed by atoms with Crippen LogP contribution in [0, 0.1) is 0 Å². The normalized spacial score (nSPS) is 12.0. The summed E-state index contributed by atoms with van der Waals surface area (Å²) in [5.74, 6) is -0.881. The Labute approximate surface area is 113 Å². The highest BCUT2D eigenvalue weighted by atomic mass is 32.2. The van der Waals surface area contributed by atoms with Gasteiger partial charge in [0, 0.05) is 11.7 Å². The highest BCUT2D eigenvalue weighted by molar-refractivity contribution is 7.88. The summed E-state index contributed by atoms with van der Waals surface area (Å²) >= 11 is 0. The molecular formula is C12H19N3O3S. The number of rotatable bonds is 6. The Kier molecular flexibility index (Phi) is 4.90. The van der Waals surface area contributed by atoms with Gasteiger partial charge in [-0.05, 0) is 31.5 Å². The van der Waals surface area contributed by atoms with Gasteiger partial charge in [-0.1, -0.05) is 12.1 Å². The van der Waals surface area contributed by atoms with E-state index in [1.54, 1.807) is 38.1 Å². The number of carbonyl (C=O) groups excluding carboxylic acids is 1. The predicted octanol–water partition coefficient (Wildman–Crippen LogP) is 0.294. The Morgan fingerprint density at radius 2 is 2.00 bits per heavy atom. The van der Waals surface area contributed by atoms with Crippen LogP contribution < -0.4 is 11.5 Å². The van der Waals surface area contributed by atoms with E-state index in [9.17, 15) is 13.2 Å². The van der Waals surface area contributed by atoms with Crippen LogP contribution in [0.5, 0.6) is 0 Å². The lowest BCUT2D eigenvalue weighted by atomic mass is 10.2. The van der Waals surface area contributed by atoms with E-state index in [-0.39, 0.29) is 18.3 Å². The van der Waals surface area contributed by atoms with Gasteiger partial charge in [0.2, 0.25) is 15.9 Å². The summed E-state index contributed by atoms with van der Waals surface area (Å²) < 4.78 is 25.6. The molecule has 1 rings (SSSR count). The maximum absolute atomic E-state index is 12.3. The molecule has 19 heavy (non-hydrogen) atoms. The monoisotopic (exact) mass is 285 g/mol. The Bertz CT molecular complexity index is 555. The fourth-order valence-electron chi connectivity index (χ4n) is 1.73. The molecule has 0 aromatic heterocycles. The minimum atomic E-state index is -3.61. The second-order valence-electron chi connectivity index (χ2n) is 4.61. The second kappa shape index (κ2) is 6.03. The molecule has 0 atom stereocenters. The third-order valence-corrected chi connectivity index (χ3v) is 4.51. The molecule has 0 heterocycles. The van der Waals surface area contributed by atoms with Gasteiger partial charge in [-0.3, -0.25) is 4.79 Å². The first kappa shape index (κ1) is 15.5. The summed E-state index contributed by atoms with van der Waals surface area (Å²) in [6.45, 7) is 3.07. The summed E-state index contributed by atoms with van der Waals surface area (Å²) in [6.07, 6.45) is 0. The van der Waals surface area contributed by atoms with Crippen molar-refractivity contribution in [2.24, 2.45) is 5.73 Å². The second-order valence-corrected chi connectivity index (χ2v) is 6.53. The summed E-state index contributed by atoms with van der Waals surface area (Å²) in [4.78, 5) is 11.0. The van der Waals surface area contributed by atoms with Gasteiger partial charge < -0.3 is 11.5 Å². The molecule has 0 spiro atoms. The van der Waals surface area contributed by atoms with Gasteiger partial charge in [-0.15, -0.1) is 0 Å². The van der Waals surface area contributed by atoms with E-state index < -0.39 is 15.9 Å². The number of nitrogen functional groups attached to an aromatic ring is 1. The lowest BCUT2D eigenvalue weighted by Gasteiger charge is -2.24. The SMILES string of the molecule is CC(C)N(CC(N)=O)S(=O)(=O)Cc1cccc(N)c1. The van der Waals surface area contributed by atoms with E-state index >= 15 is 0 Å². The standard InChI is InChI=1S/C12H19N3O3S/c1-9(2)15(7-12(14)16)19(17,18)8-10-4-3-5-11(13)6-10/h3-6,9H,7-8,13H2,1-2H3,(H2,14,16). The van der Waals surface area contributed by atoms with Crippen molar-refractivity contribution in [1.29, 1.82) is 0 Å². The van der Waals surface area contributed by atoms with Crippen LogP contribution in [-0.2, 0) is 20.6 Å². The molecule has 0 saturated heterocycles. The number of anilines is 1. The van der Waals surface area contributed by atoms with E-state index in [2.05, 4.69) is 0 Å². The van der Waals surface area contributed by atoms with Crippen molar-refractivity contribution in [3.8, 4) is 0 Å². The zero-order chi connectivity index (χ0) is 14.6. The van der Waals surface area contributed by atoms with Crippen LogP contribution in [0.2, 0.25) is 0 Å². The van der Waals surface area contributed by atoms with Crippen LogP contribution in [0.3, 0.4) is 0 Å². The van der Waals surface area contributed by atoms with Crippen molar-refractivity contribution >= 4 is 21.6 Å². The molecule has 0 saturated carbocycles. The quantitative estimate of drug-likeness (QED) is 0.733. The minimum absolute atomic E-state index is 0.205. The number of nitrogens with two attached hydrogens (primary N) is 2. The molecule has 0 aliphatic heterocycles. The molecule has 0 fully saturated rings. The molecule has 0 aliphatic rings. The molecule has 106 valence electrons. The molecule has 0 aliphatic carbocycles. The average Bonchev–Trinajstić information content (AvgIpc) is 2.24. The Balaban J connectivity index is 2.98. The number of sulfonamides is 1. The number of hydrogen-bond donors (Lipinski definition) is 2. The van der Waals surface area contributed by atoms with Crippen molar-refractivity contribution in [1.82, 2.24) is 4.31 Å². The van der Waals surface area contributed by atoms with E-state index in [0.29, 0.717) is 11.3 Å². The maximum atomic E-state index is 12.3. The summed E-state index contributed by atoms with van der Waals surface area (Å²) in [7, 11) is -3.61. The van der Waals surface area contributed by atoms with Crippen molar-refractivity contribution in [3.63, 3.8) is 0 Å². The first-order valence-electron chi connectivity index (χ1n) is 5.84. The molecule has 0 unspecified atom stereocenters. The van der Waals surface area contributed by atoms with E-state index in [1.165, 1.54) is 0 Å². The molecule has 7 heteroatoms. The summed E-state index contributed by atoms with van der Waals surface area (Å²) in [5.41, 5.74) is 11.8. The molecule has 1 aromatic rings. The molecule has 1 amide bonds. The van der Waals surface area contributed by atoms with Gasteiger partial charge in [-0.2, -0.15) is 4.31 Å². The van der Waals surface area contributed by atoms with Gasteiger partial charge in [-0.25, -0.2) is 8.42 Å². The van der Waals surface area contributed by atoms with E-state index in [1.807, 2.05) is 0 Å². The fourth-order valence-corrected chi connectivity index (χ4v) is 3.47. The number of primary amides is 1. The third kappa shape index (κ3) is 4.53. The number of carbonyl (C=O) groups is 1. The van der Waals surface area contributed by atoms with Crippen molar-refractivity contribution in [3.05, 3.63) is 29.8 Å². The van der Waals surface area contributed by atoms with Crippen LogP contribution in [0.25, 0.3) is 0 Å². The highest BCUT2D eigenvalue weighted by Gasteiger charge is 2.26. The van der Waals surface area contributed by atoms with E-state index in [0.717, 1.165) is 4.31 Å². The summed E-state index contributed by atoms with van der Waals surface area (Å²) in [5, 5.41) is 0. The van der Waals surface area contributed by atoms with Gasteiger partial charge in [0.25, 0.3) is 0 Å². The first-order chi connectivity index (χ1) is 8.72. The van der Waals surface area contributed by atoms with Crippen LogP contribution in [-0.4, -0.2) is 31.2 Å². The van der Waals surface area contributed by atoms with Crippen molar-refractivity contribution in [2.45, 2.75) is 25.6 Å². The number of hydrogen-bond acceptors (Lipinski definition) is 4. The smallest absolute Gasteiger partial charge is 0.232 e. The third-order valence-electron chi connectivity index (χ3n) is 2.55. The zero-order valence-electron chi connectivity index (χ0n) is 11.0. The van der Waals surface area contributed by atoms with Crippen LogP contribution in [0.15, 0.2) is 24.3 Å². The molecule has 0 radical (unpaired) electrons. The molecule has 4 N–H and O–H groups in total. The molecule has 6 nitrogen and oxygen atoms in total. The van der Waals surface area contributed by atoms with Gasteiger partial charge in [0.05, 0.1) is 12.3 Å². The van der Waals surface area contributed by atoms with Gasteiger partial charge >= 0.3 is 0 Å². The number of nitrogens with zero attached hydrogens (tertiary/aromatic N) is 1. The molecular weight excluding hydrogens is 266 g/mol. The maximum Gasteiger partial charge on any atom is 0.232 e. The highest BCUT2D eigenvalue weighted by Crippen LogP contribution is 2.15. The number of amides is 1. The molecule has 0 bridgehead atoms. The molecule has 1 aromatic carbocycles. The van der Waals surface area contributed by atoms with Crippen LogP contribution in [0.4, 0.5) is 5.69 Å². The number of benzene rings is 1. The Morgan fingerprint density at radius 1 is 1.37 bits per heavy atom.